The first kappa shape index (κ1) is 68.4. The van der Waals surface area contributed by atoms with Crippen molar-refractivity contribution in [3.8, 4) is 0 Å². The number of carbonyl (C=O) groups is 5. The molecule has 5 atom stereocenters. The molecule has 0 radical (unpaired) electrons. The average molecular weight is 1060 g/mol. The number of hydrogen-bond donors (Lipinski definition) is 1. The molecule has 18 heteroatoms. The third-order valence-electron chi connectivity index (χ3n) is 12.8. The highest BCUT2D eigenvalue weighted by atomic mass is 31.2. The molecule has 17 nitrogen and oxygen atoms in total. The van der Waals surface area contributed by atoms with Crippen molar-refractivity contribution < 1.29 is 75.6 Å². The van der Waals surface area contributed by atoms with Gasteiger partial charge < -0.3 is 38.4 Å². The summed E-state index contributed by atoms with van der Waals surface area (Å²) < 4.78 is 65.2. The Labute approximate surface area is 440 Å². The van der Waals surface area contributed by atoms with Crippen LogP contribution >= 0.6 is 7.82 Å². The summed E-state index contributed by atoms with van der Waals surface area (Å²) in [7, 11) is -3.64. The Morgan fingerprint density at radius 2 is 0.808 bits per heavy atom. The van der Waals surface area contributed by atoms with Gasteiger partial charge in [-0.2, -0.15) is 0 Å². The Morgan fingerprint density at radius 3 is 1.22 bits per heavy atom. The molecule has 0 aliphatic carbocycles. The minimum Gasteiger partial charge on any atom is -0.481 e. The molecule has 0 spiro atoms. The van der Waals surface area contributed by atoms with Gasteiger partial charge in [-0.3, -0.25) is 37.5 Å². The van der Waals surface area contributed by atoms with E-state index in [-0.39, 0.29) is 19.6 Å². The zero-order valence-electron chi connectivity index (χ0n) is 46.4. The van der Waals surface area contributed by atoms with E-state index in [0.717, 1.165) is 122 Å². The Balaban J connectivity index is 2.74. The molecule has 1 N–H and O–H groups in total. The van der Waals surface area contributed by atoms with Crippen molar-refractivity contribution in [1.29, 1.82) is 0 Å². The minimum absolute atomic E-state index is 0.192. The maximum absolute atomic E-state index is 13.7. The number of rotatable bonds is 50. The number of hydrogen-bond acceptors (Lipinski definition) is 16. The lowest BCUT2D eigenvalue weighted by Gasteiger charge is -2.44. The third-order valence-corrected chi connectivity index (χ3v) is 14.3. The topological polar surface area (TPSA) is 209 Å². The second-order valence-electron chi connectivity index (χ2n) is 19.8. The number of phosphoric ester groups is 1. The maximum atomic E-state index is 13.7. The van der Waals surface area contributed by atoms with E-state index in [4.69, 9.17) is 47.1 Å². The zero-order valence-corrected chi connectivity index (χ0v) is 47.3. The fourth-order valence-electron chi connectivity index (χ4n) is 8.87. The Hall–Kier alpha value is -2.66. The SMILES string of the molecule is CCCCCCCCCCCOP(=O)(OCCCCCCCCCCC)OCCCCCCCN(CCCCCCCC(=O)O)CCCCO[C@H]1O[C@H](COC(C)=O)[C@@H](OC(C)=O)[C@H](OC(C)=O)[C@@H]1OC(C)=O. The van der Waals surface area contributed by atoms with Crippen molar-refractivity contribution in [2.24, 2.45) is 0 Å². The number of nitrogens with zero attached hydrogens (tertiary/aromatic N) is 1. The van der Waals surface area contributed by atoms with Gasteiger partial charge in [0.25, 0.3) is 0 Å². The summed E-state index contributed by atoms with van der Waals surface area (Å²) in [6, 6.07) is 0. The van der Waals surface area contributed by atoms with Crippen molar-refractivity contribution in [2.75, 3.05) is 52.7 Å². The minimum atomic E-state index is -3.64. The van der Waals surface area contributed by atoms with Crippen LogP contribution in [-0.2, 0) is 70.5 Å². The fraction of sp³-hybridized carbons (Fsp3) is 0.909. The van der Waals surface area contributed by atoms with Gasteiger partial charge in [-0.25, -0.2) is 4.57 Å². The van der Waals surface area contributed by atoms with Crippen LogP contribution in [0.3, 0.4) is 0 Å². The molecule has 1 heterocycles. The number of unbranched alkanes of at least 4 members (excludes halogenated alkanes) is 25. The predicted molar refractivity (Wildman–Crippen MR) is 282 cm³/mol. The van der Waals surface area contributed by atoms with Crippen molar-refractivity contribution in [3.63, 3.8) is 0 Å². The second-order valence-corrected chi connectivity index (χ2v) is 21.4. The Morgan fingerprint density at radius 1 is 0.452 bits per heavy atom. The van der Waals surface area contributed by atoms with E-state index in [9.17, 15) is 28.5 Å². The van der Waals surface area contributed by atoms with Gasteiger partial charge in [0.05, 0.1) is 19.8 Å². The largest absolute Gasteiger partial charge is 0.481 e. The van der Waals surface area contributed by atoms with Crippen LogP contribution in [0, 0.1) is 0 Å². The summed E-state index contributed by atoms with van der Waals surface area (Å²) in [5.74, 6) is -3.47. The van der Waals surface area contributed by atoms with Gasteiger partial charge in [0, 0.05) is 40.7 Å². The van der Waals surface area contributed by atoms with E-state index in [1.165, 1.54) is 105 Å². The van der Waals surface area contributed by atoms with Gasteiger partial charge in [-0.15, -0.1) is 0 Å². The van der Waals surface area contributed by atoms with Crippen LogP contribution in [0.1, 0.15) is 241 Å². The van der Waals surface area contributed by atoms with E-state index in [2.05, 4.69) is 18.7 Å². The highest BCUT2D eigenvalue weighted by Crippen LogP contribution is 2.50. The number of carboxylic acid groups (broad SMARTS) is 1. The molecule has 1 rings (SSSR count). The molecule has 0 saturated carbocycles. The summed E-state index contributed by atoms with van der Waals surface area (Å²) in [6.45, 7) is 12.8. The summed E-state index contributed by atoms with van der Waals surface area (Å²) in [6.07, 6.45) is 26.2. The van der Waals surface area contributed by atoms with Crippen molar-refractivity contribution in [3.05, 3.63) is 0 Å². The summed E-state index contributed by atoms with van der Waals surface area (Å²) in [5.41, 5.74) is 0. The standard InChI is InChI=1S/C55H102NO16P/c1-7-9-11-13-15-17-19-26-33-42-66-73(63,67-43-34-27-20-18-16-14-12-10-8-2)68-44-35-28-22-25-31-39-56(38-30-24-21-23-29-37-51(61)62)40-32-36-41-64-55-54(71-49(6)60)53(70-48(5)59)52(69-47(4)58)50(72-55)45-65-46(3)57/h50,52-55H,7-45H2,1-6H3,(H,61,62)/t50-,52-,53+,54+,55+/m1/s1. The third kappa shape index (κ3) is 38.5. The fourth-order valence-corrected chi connectivity index (χ4v) is 10.2. The molecule has 1 saturated heterocycles. The Bertz CT molecular complexity index is 1440. The van der Waals surface area contributed by atoms with Crippen LogP contribution in [0.5, 0.6) is 0 Å². The first-order valence-electron chi connectivity index (χ1n) is 28.6. The number of ether oxygens (including phenoxy) is 6. The number of phosphoric acid groups is 1. The average Bonchev–Trinajstić information content (AvgIpc) is 3.33. The van der Waals surface area contributed by atoms with Crippen LogP contribution in [0.2, 0.25) is 0 Å². The number of esters is 4. The highest BCUT2D eigenvalue weighted by Gasteiger charge is 2.52. The van der Waals surface area contributed by atoms with Crippen molar-refractivity contribution in [1.82, 2.24) is 4.90 Å². The van der Waals surface area contributed by atoms with Crippen LogP contribution in [-0.4, -0.2) is 123 Å². The molecule has 1 fully saturated rings. The molecular formula is C55H102NO16P. The first-order chi connectivity index (χ1) is 35.2. The summed E-state index contributed by atoms with van der Waals surface area (Å²) in [5, 5.41) is 8.99. The lowest BCUT2D eigenvalue weighted by atomic mass is 9.98. The zero-order chi connectivity index (χ0) is 53.8. The van der Waals surface area contributed by atoms with Gasteiger partial charge in [0.2, 0.25) is 0 Å². The van der Waals surface area contributed by atoms with Crippen molar-refractivity contribution >= 4 is 37.7 Å². The van der Waals surface area contributed by atoms with E-state index in [1.807, 2.05) is 0 Å². The lowest BCUT2D eigenvalue weighted by Crippen LogP contribution is -2.63. The molecule has 1 aliphatic rings. The second kappa shape index (κ2) is 45.5. The molecule has 0 amide bonds. The number of aliphatic carboxylic acids is 1. The molecule has 0 aromatic rings. The highest BCUT2D eigenvalue weighted by molar-refractivity contribution is 7.48. The summed E-state index contributed by atoms with van der Waals surface area (Å²) in [4.78, 5) is 61.6. The smallest absolute Gasteiger partial charge is 0.474 e. The van der Waals surface area contributed by atoms with Gasteiger partial charge >= 0.3 is 37.7 Å². The number of carbonyl (C=O) groups excluding carboxylic acids is 4. The molecule has 0 bridgehead atoms. The van der Waals surface area contributed by atoms with Gasteiger partial charge in [0.1, 0.15) is 12.7 Å². The summed E-state index contributed by atoms with van der Waals surface area (Å²) >= 11 is 0. The van der Waals surface area contributed by atoms with E-state index >= 15 is 0 Å². The van der Waals surface area contributed by atoms with E-state index < -0.39 is 68.4 Å². The predicted octanol–water partition coefficient (Wildman–Crippen LogP) is 12.8. The molecule has 73 heavy (non-hydrogen) atoms. The molecule has 0 unspecified atom stereocenters. The van der Waals surface area contributed by atoms with Gasteiger partial charge in [-0.1, -0.05) is 155 Å². The molecule has 428 valence electrons. The molecule has 0 aromatic carbocycles. The maximum Gasteiger partial charge on any atom is 0.474 e. The van der Waals surface area contributed by atoms with Crippen LogP contribution < -0.4 is 0 Å². The molecule has 0 aromatic heterocycles. The Kier molecular flexibility index (Phi) is 42.6. The first-order valence-corrected chi connectivity index (χ1v) is 30.1. The van der Waals surface area contributed by atoms with Gasteiger partial charge in [-0.05, 0) is 71.0 Å². The monoisotopic (exact) mass is 1060 g/mol. The lowest BCUT2D eigenvalue weighted by molar-refractivity contribution is -0.308. The van der Waals surface area contributed by atoms with Crippen molar-refractivity contribution in [2.45, 2.75) is 271 Å². The van der Waals surface area contributed by atoms with Crippen LogP contribution in [0.15, 0.2) is 0 Å². The van der Waals surface area contributed by atoms with Crippen LogP contribution in [0.4, 0.5) is 0 Å². The molecular weight excluding hydrogens is 962 g/mol. The number of carboxylic acids is 1. The molecule has 1 aliphatic heterocycles. The van der Waals surface area contributed by atoms with E-state index in [0.29, 0.717) is 32.7 Å². The van der Waals surface area contributed by atoms with E-state index in [1.54, 1.807) is 0 Å². The quantitative estimate of drug-likeness (QED) is 0.0260. The van der Waals surface area contributed by atoms with Gasteiger partial charge in [0.15, 0.2) is 24.6 Å². The van der Waals surface area contributed by atoms with Crippen LogP contribution in [0.25, 0.3) is 0 Å². The normalized spacial score (nSPS) is 17.9.